The summed E-state index contributed by atoms with van der Waals surface area (Å²) in [6, 6.07) is 16.5. The van der Waals surface area contributed by atoms with Crippen molar-refractivity contribution < 1.29 is 9.18 Å². The van der Waals surface area contributed by atoms with E-state index in [1.165, 1.54) is 47.4 Å². The van der Waals surface area contributed by atoms with Crippen LogP contribution in [-0.2, 0) is 0 Å². The summed E-state index contributed by atoms with van der Waals surface area (Å²) in [5, 5.41) is 1.11. The normalized spacial score (nSPS) is 11.4. The number of aliphatic imine (C=N–C) groups is 1. The monoisotopic (exact) mass is 474 g/mol. The van der Waals surface area contributed by atoms with Gasteiger partial charge in [-0.05, 0) is 54.6 Å². The molecule has 0 aliphatic rings. The van der Waals surface area contributed by atoms with Gasteiger partial charge in [0.25, 0.3) is 0 Å². The van der Waals surface area contributed by atoms with Crippen LogP contribution in [0.3, 0.4) is 0 Å². The van der Waals surface area contributed by atoms with Crippen LogP contribution in [0.4, 0.5) is 10.1 Å². The van der Waals surface area contributed by atoms with Crippen molar-refractivity contribution in [3.8, 4) is 0 Å². The van der Waals surface area contributed by atoms with Crippen molar-refractivity contribution in [3.63, 3.8) is 0 Å². The molecule has 0 aliphatic carbocycles. The summed E-state index contributed by atoms with van der Waals surface area (Å²) in [4.78, 5) is 21.3. The molecule has 0 fully saturated rings. The number of hydrogen-bond donors (Lipinski definition) is 0. The van der Waals surface area contributed by atoms with Crippen LogP contribution >= 0.6 is 46.3 Å². The number of hydrogen-bond acceptors (Lipinski definition) is 5. The van der Waals surface area contributed by atoms with Gasteiger partial charge in [0.05, 0.1) is 26.7 Å². The molecule has 0 atom stereocenters. The summed E-state index contributed by atoms with van der Waals surface area (Å²) in [5.41, 5.74) is 2.89. The highest BCUT2D eigenvalue weighted by molar-refractivity contribution is 8.01. The third-order valence-corrected chi connectivity index (χ3v) is 6.88. The Hall–Kier alpha value is -2.25. The smallest absolute Gasteiger partial charge is 0.173 e. The molecule has 0 aliphatic heterocycles. The van der Waals surface area contributed by atoms with Crippen molar-refractivity contribution in [3.05, 3.63) is 87.7 Å². The lowest BCUT2D eigenvalue weighted by molar-refractivity contribution is 0.102. The quantitative estimate of drug-likeness (QED) is 0.165. The van der Waals surface area contributed by atoms with E-state index >= 15 is 0 Å². The predicted octanol–water partition coefficient (Wildman–Crippen LogP) is 7.47. The summed E-state index contributed by atoms with van der Waals surface area (Å²) in [6.07, 6.45) is 1.69. The number of carbonyl (C=O) groups is 1. The molecule has 8 heteroatoms. The molecular formula is C22H13Cl2FN2OS2. The van der Waals surface area contributed by atoms with Gasteiger partial charge >= 0.3 is 0 Å². The molecular weight excluding hydrogens is 462 g/mol. The van der Waals surface area contributed by atoms with Crippen molar-refractivity contribution >= 4 is 74.2 Å². The number of thiazole rings is 1. The van der Waals surface area contributed by atoms with Crippen LogP contribution in [0.5, 0.6) is 0 Å². The molecule has 0 unspecified atom stereocenters. The molecule has 3 nitrogen and oxygen atoms in total. The van der Waals surface area contributed by atoms with Crippen LogP contribution in [0.25, 0.3) is 10.2 Å². The molecule has 30 heavy (non-hydrogen) atoms. The van der Waals surface area contributed by atoms with Crippen LogP contribution in [0, 0.1) is 5.82 Å². The maximum Gasteiger partial charge on any atom is 0.173 e. The second kappa shape index (κ2) is 9.27. The van der Waals surface area contributed by atoms with Crippen molar-refractivity contribution in [2.75, 3.05) is 5.75 Å². The SMILES string of the molecule is O=C(CSc1nc2ccc(N=Cc3ccc(Cl)cc3Cl)cc2s1)c1ccc(F)cc1. The Balaban J connectivity index is 1.46. The second-order valence-corrected chi connectivity index (χ2v) is 9.37. The standard InChI is InChI=1S/C22H13Cl2FN2OS2/c23-15-4-1-14(18(24)9-15)11-26-17-7-8-19-21(10-17)30-22(27-19)29-12-20(28)13-2-5-16(25)6-3-13/h1-11H,12H2. The van der Waals surface area contributed by atoms with Gasteiger partial charge < -0.3 is 0 Å². The predicted molar refractivity (Wildman–Crippen MR) is 125 cm³/mol. The first-order valence-electron chi connectivity index (χ1n) is 8.79. The van der Waals surface area contributed by atoms with Crippen LogP contribution in [0.15, 0.2) is 70.0 Å². The van der Waals surface area contributed by atoms with Crippen LogP contribution in [-0.4, -0.2) is 22.7 Å². The van der Waals surface area contributed by atoms with Crippen molar-refractivity contribution in [1.82, 2.24) is 4.98 Å². The number of Topliss-reactive ketones (excluding diaryl/α,β-unsaturated/α-hetero) is 1. The van der Waals surface area contributed by atoms with Crippen molar-refractivity contribution in [2.24, 2.45) is 4.99 Å². The number of nitrogens with zero attached hydrogens (tertiary/aromatic N) is 2. The molecule has 0 saturated heterocycles. The lowest BCUT2D eigenvalue weighted by atomic mass is 10.1. The number of fused-ring (bicyclic) bond motifs is 1. The first-order chi connectivity index (χ1) is 14.5. The van der Waals surface area contributed by atoms with E-state index in [1.54, 1.807) is 18.3 Å². The summed E-state index contributed by atoms with van der Waals surface area (Å²) in [6.45, 7) is 0. The summed E-state index contributed by atoms with van der Waals surface area (Å²) < 4.78 is 14.8. The van der Waals surface area contributed by atoms with Gasteiger partial charge in [-0.15, -0.1) is 11.3 Å². The summed E-state index contributed by atoms with van der Waals surface area (Å²) in [5.74, 6) is -0.183. The van der Waals surface area contributed by atoms with Gasteiger partial charge in [0.1, 0.15) is 5.82 Å². The van der Waals surface area contributed by atoms with Gasteiger partial charge in [0.15, 0.2) is 10.1 Å². The number of rotatable bonds is 6. The van der Waals surface area contributed by atoms with Crippen molar-refractivity contribution in [2.45, 2.75) is 4.34 Å². The fourth-order valence-electron chi connectivity index (χ4n) is 2.63. The Kier molecular flexibility index (Phi) is 6.49. The van der Waals surface area contributed by atoms with Gasteiger partial charge in [0.2, 0.25) is 0 Å². The average Bonchev–Trinajstić information content (AvgIpc) is 3.14. The lowest BCUT2D eigenvalue weighted by Crippen LogP contribution is -2.01. The number of benzene rings is 3. The Morgan fingerprint density at radius 2 is 1.90 bits per heavy atom. The molecule has 0 saturated carbocycles. The van der Waals surface area contributed by atoms with E-state index < -0.39 is 0 Å². The molecule has 3 aromatic carbocycles. The minimum atomic E-state index is -0.359. The fourth-order valence-corrected chi connectivity index (χ4v) is 5.08. The Morgan fingerprint density at radius 1 is 1.10 bits per heavy atom. The molecule has 150 valence electrons. The Labute approximate surface area is 190 Å². The number of halogens is 3. The zero-order valence-electron chi connectivity index (χ0n) is 15.3. The van der Waals surface area contributed by atoms with E-state index in [0.717, 1.165) is 25.8 Å². The first-order valence-corrected chi connectivity index (χ1v) is 11.3. The highest BCUT2D eigenvalue weighted by Crippen LogP contribution is 2.32. The van der Waals surface area contributed by atoms with E-state index in [9.17, 15) is 9.18 Å². The highest BCUT2D eigenvalue weighted by atomic mass is 35.5. The first kappa shape index (κ1) is 21.0. The zero-order valence-corrected chi connectivity index (χ0v) is 18.5. The number of thioether (sulfide) groups is 1. The lowest BCUT2D eigenvalue weighted by Gasteiger charge is -1.99. The second-order valence-electron chi connectivity index (χ2n) is 6.27. The maximum atomic E-state index is 13.0. The fraction of sp³-hybridized carbons (Fsp3) is 0.0455. The third kappa shape index (κ3) is 5.08. The molecule has 0 amide bonds. The highest BCUT2D eigenvalue weighted by Gasteiger charge is 2.10. The Bertz CT molecular complexity index is 1260. The summed E-state index contributed by atoms with van der Waals surface area (Å²) >= 11 is 15.0. The van der Waals surface area contributed by atoms with E-state index in [4.69, 9.17) is 23.2 Å². The number of ketones is 1. The third-order valence-electron chi connectivity index (χ3n) is 4.16. The van der Waals surface area contributed by atoms with Crippen molar-refractivity contribution in [1.29, 1.82) is 0 Å². The number of carbonyl (C=O) groups excluding carboxylic acids is 1. The van der Waals surface area contributed by atoms with Gasteiger partial charge in [-0.2, -0.15) is 0 Å². The summed E-state index contributed by atoms with van der Waals surface area (Å²) in [7, 11) is 0. The topological polar surface area (TPSA) is 42.3 Å². The Morgan fingerprint density at radius 3 is 2.67 bits per heavy atom. The van der Waals surface area contributed by atoms with Crippen LogP contribution < -0.4 is 0 Å². The van der Waals surface area contributed by atoms with Gasteiger partial charge in [0, 0.05) is 22.4 Å². The largest absolute Gasteiger partial charge is 0.293 e. The average molecular weight is 475 g/mol. The molecule has 0 bridgehead atoms. The molecule has 4 aromatic rings. The molecule has 1 aromatic heterocycles. The minimum Gasteiger partial charge on any atom is -0.293 e. The van der Waals surface area contributed by atoms with Gasteiger partial charge in [-0.1, -0.05) is 41.0 Å². The van der Waals surface area contributed by atoms with Crippen LogP contribution in [0.2, 0.25) is 10.0 Å². The van der Waals surface area contributed by atoms with Gasteiger partial charge in [-0.25, -0.2) is 9.37 Å². The zero-order chi connectivity index (χ0) is 21.1. The minimum absolute atomic E-state index is 0.0654. The number of aromatic nitrogens is 1. The molecule has 0 N–H and O–H groups in total. The molecule has 1 heterocycles. The molecule has 4 rings (SSSR count). The molecule has 0 radical (unpaired) electrons. The van der Waals surface area contributed by atoms with E-state index in [-0.39, 0.29) is 17.4 Å². The van der Waals surface area contributed by atoms with E-state index in [0.29, 0.717) is 15.6 Å². The maximum absolute atomic E-state index is 13.0. The van der Waals surface area contributed by atoms with E-state index in [1.807, 2.05) is 24.3 Å². The van der Waals surface area contributed by atoms with Crippen LogP contribution in [0.1, 0.15) is 15.9 Å². The van der Waals surface area contributed by atoms with E-state index in [2.05, 4.69) is 9.98 Å². The molecule has 0 spiro atoms. The van der Waals surface area contributed by atoms with Gasteiger partial charge in [-0.3, -0.25) is 9.79 Å².